The third kappa shape index (κ3) is 4.34. The molecule has 20 heavy (non-hydrogen) atoms. The number of nitrogens with one attached hydrogen (secondary N) is 1. The van der Waals surface area contributed by atoms with Crippen molar-refractivity contribution in [1.29, 1.82) is 0 Å². The molecule has 0 aliphatic rings. The van der Waals surface area contributed by atoms with Crippen LogP contribution in [0.15, 0.2) is 0 Å². The van der Waals surface area contributed by atoms with Gasteiger partial charge in [0.05, 0.1) is 0 Å². The summed E-state index contributed by atoms with van der Waals surface area (Å²) in [5.41, 5.74) is 1.14. The number of rotatable bonds is 8. The molecule has 114 valence electrons. The molecule has 0 atom stereocenters. The summed E-state index contributed by atoms with van der Waals surface area (Å²) >= 11 is 0. The Bertz CT molecular complexity index is 417. The molecule has 1 heterocycles. The maximum Gasteiger partial charge on any atom is 0.137 e. The first-order valence-corrected chi connectivity index (χ1v) is 7.48. The van der Waals surface area contributed by atoms with E-state index in [1.165, 1.54) is 0 Å². The highest BCUT2D eigenvalue weighted by molar-refractivity contribution is 5.58. The van der Waals surface area contributed by atoms with Gasteiger partial charge in [-0.3, -0.25) is 0 Å². The molecule has 1 aromatic heterocycles. The Morgan fingerprint density at radius 1 is 1.05 bits per heavy atom. The van der Waals surface area contributed by atoms with Crippen LogP contribution in [-0.4, -0.2) is 55.6 Å². The van der Waals surface area contributed by atoms with E-state index >= 15 is 0 Å². The van der Waals surface area contributed by atoms with Crippen LogP contribution in [0.25, 0.3) is 0 Å². The molecule has 0 aliphatic heterocycles. The van der Waals surface area contributed by atoms with Crippen LogP contribution in [0, 0.1) is 6.92 Å². The molecule has 0 aromatic carbocycles. The zero-order chi connectivity index (χ0) is 15.1. The van der Waals surface area contributed by atoms with Gasteiger partial charge in [-0.05, 0) is 27.4 Å². The second-order valence-electron chi connectivity index (χ2n) is 5.33. The lowest BCUT2D eigenvalue weighted by Crippen LogP contribution is -2.34. The Labute approximate surface area is 123 Å². The summed E-state index contributed by atoms with van der Waals surface area (Å²) in [7, 11) is 6.13. The predicted octanol–water partition coefficient (Wildman–Crippen LogP) is 2.17. The van der Waals surface area contributed by atoms with Gasteiger partial charge in [0.25, 0.3) is 0 Å². The van der Waals surface area contributed by atoms with Crippen LogP contribution in [-0.2, 0) is 6.42 Å². The van der Waals surface area contributed by atoms with Gasteiger partial charge in [0.1, 0.15) is 17.5 Å². The number of nitrogens with zero attached hydrogens (tertiary/aromatic N) is 4. The Kier molecular flexibility index (Phi) is 6.71. The standard InChI is InChI=1S/C15H29N5/c1-7-9-20(11-10-19(5)6)15-12(3)14(16-4)17-13(8-2)18-15/h7-11H2,1-6H3,(H,16,17,18). The Morgan fingerprint density at radius 2 is 1.75 bits per heavy atom. The molecule has 0 aliphatic carbocycles. The van der Waals surface area contributed by atoms with Gasteiger partial charge in [-0.15, -0.1) is 0 Å². The van der Waals surface area contributed by atoms with Crippen LogP contribution in [0.2, 0.25) is 0 Å². The van der Waals surface area contributed by atoms with Crippen LogP contribution in [0.4, 0.5) is 11.6 Å². The van der Waals surface area contributed by atoms with Crippen LogP contribution >= 0.6 is 0 Å². The molecule has 5 heteroatoms. The Morgan fingerprint density at radius 3 is 2.25 bits per heavy atom. The zero-order valence-electron chi connectivity index (χ0n) is 13.8. The summed E-state index contributed by atoms with van der Waals surface area (Å²) in [6.07, 6.45) is 1.98. The molecule has 0 spiro atoms. The van der Waals surface area contributed by atoms with Gasteiger partial charge in [0, 0.05) is 38.7 Å². The summed E-state index contributed by atoms with van der Waals surface area (Å²) in [5.74, 6) is 2.92. The molecular weight excluding hydrogens is 250 g/mol. The van der Waals surface area contributed by atoms with E-state index in [0.29, 0.717) is 0 Å². The highest BCUT2D eigenvalue weighted by Crippen LogP contribution is 2.23. The zero-order valence-corrected chi connectivity index (χ0v) is 13.8. The minimum Gasteiger partial charge on any atom is -0.373 e. The first-order chi connectivity index (χ1) is 9.53. The van der Waals surface area contributed by atoms with Crippen molar-refractivity contribution in [3.8, 4) is 0 Å². The van der Waals surface area contributed by atoms with Gasteiger partial charge in [-0.25, -0.2) is 9.97 Å². The van der Waals surface area contributed by atoms with E-state index < -0.39 is 0 Å². The summed E-state index contributed by atoms with van der Waals surface area (Å²) < 4.78 is 0. The van der Waals surface area contributed by atoms with Crippen molar-refractivity contribution in [3.63, 3.8) is 0 Å². The monoisotopic (exact) mass is 279 g/mol. The molecule has 0 unspecified atom stereocenters. The number of hydrogen-bond donors (Lipinski definition) is 1. The predicted molar refractivity (Wildman–Crippen MR) is 86.8 cm³/mol. The topological polar surface area (TPSA) is 44.3 Å². The van der Waals surface area contributed by atoms with Crippen LogP contribution in [0.3, 0.4) is 0 Å². The molecule has 5 nitrogen and oxygen atoms in total. The van der Waals surface area contributed by atoms with Gasteiger partial charge >= 0.3 is 0 Å². The molecule has 0 radical (unpaired) electrons. The first kappa shape index (κ1) is 16.7. The lowest BCUT2D eigenvalue weighted by atomic mass is 10.2. The van der Waals surface area contributed by atoms with Crippen molar-refractivity contribution in [3.05, 3.63) is 11.4 Å². The van der Waals surface area contributed by atoms with Gasteiger partial charge in [0.15, 0.2) is 0 Å². The maximum atomic E-state index is 4.75. The molecule has 0 amide bonds. The summed E-state index contributed by atoms with van der Waals surface area (Å²) in [5, 5.41) is 3.18. The van der Waals surface area contributed by atoms with Gasteiger partial charge < -0.3 is 15.1 Å². The maximum absolute atomic E-state index is 4.75. The lowest BCUT2D eigenvalue weighted by molar-refractivity contribution is 0.412. The van der Waals surface area contributed by atoms with Crippen molar-refractivity contribution in [1.82, 2.24) is 14.9 Å². The van der Waals surface area contributed by atoms with E-state index in [9.17, 15) is 0 Å². The van der Waals surface area contributed by atoms with Crippen molar-refractivity contribution in [2.75, 3.05) is 51.0 Å². The van der Waals surface area contributed by atoms with Crippen molar-refractivity contribution < 1.29 is 0 Å². The fourth-order valence-electron chi connectivity index (χ4n) is 2.17. The highest BCUT2D eigenvalue weighted by Gasteiger charge is 2.15. The molecule has 1 rings (SSSR count). The normalized spacial score (nSPS) is 10.9. The first-order valence-electron chi connectivity index (χ1n) is 7.48. The molecule has 1 N–H and O–H groups in total. The SMILES string of the molecule is CCCN(CCN(C)C)c1nc(CC)nc(NC)c1C. The van der Waals surface area contributed by atoms with Crippen molar-refractivity contribution >= 4 is 11.6 Å². The smallest absolute Gasteiger partial charge is 0.137 e. The fourth-order valence-corrected chi connectivity index (χ4v) is 2.17. The van der Waals surface area contributed by atoms with Gasteiger partial charge in [-0.1, -0.05) is 13.8 Å². The molecule has 0 bridgehead atoms. The van der Waals surface area contributed by atoms with E-state index in [4.69, 9.17) is 4.98 Å². The number of aryl methyl sites for hydroxylation is 1. The van der Waals surface area contributed by atoms with E-state index in [-0.39, 0.29) is 0 Å². The molecule has 0 saturated heterocycles. The number of aromatic nitrogens is 2. The molecule has 0 fully saturated rings. The molecular formula is C15H29N5. The van der Waals surface area contributed by atoms with E-state index in [1.807, 2.05) is 7.05 Å². The third-order valence-electron chi connectivity index (χ3n) is 3.33. The number of anilines is 2. The van der Waals surface area contributed by atoms with Crippen molar-refractivity contribution in [2.24, 2.45) is 0 Å². The second kappa shape index (κ2) is 8.04. The summed E-state index contributed by atoms with van der Waals surface area (Å²) in [6, 6.07) is 0. The van der Waals surface area contributed by atoms with Crippen LogP contribution in [0.1, 0.15) is 31.7 Å². The summed E-state index contributed by atoms with van der Waals surface area (Å²) in [6.45, 7) is 9.44. The van der Waals surface area contributed by atoms with E-state index in [2.05, 4.69) is 55.0 Å². The average molecular weight is 279 g/mol. The third-order valence-corrected chi connectivity index (χ3v) is 3.33. The Balaban J connectivity index is 3.10. The van der Waals surface area contributed by atoms with Gasteiger partial charge in [0.2, 0.25) is 0 Å². The molecule has 1 aromatic rings. The van der Waals surface area contributed by atoms with Gasteiger partial charge in [-0.2, -0.15) is 0 Å². The van der Waals surface area contributed by atoms with E-state index in [1.54, 1.807) is 0 Å². The minimum atomic E-state index is 0.857. The average Bonchev–Trinajstić information content (AvgIpc) is 2.43. The quantitative estimate of drug-likeness (QED) is 0.790. The number of hydrogen-bond acceptors (Lipinski definition) is 5. The Hall–Kier alpha value is -1.36. The molecule has 0 saturated carbocycles. The number of likely N-dealkylation sites (N-methyl/N-ethyl adjacent to an activating group) is 1. The largest absolute Gasteiger partial charge is 0.373 e. The van der Waals surface area contributed by atoms with E-state index in [0.717, 1.165) is 55.5 Å². The minimum absolute atomic E-state index is 0.857. The van der Waals surface area contributed by atoms with Crippen LogP contribution in [0.5, 0.6) is 0 Å². The second-order valence-corrected chi connectivity index (χ2v) is 5.33. The van der Waals surface area contributed by atoms with Crippen LogP contribution < -0.4 is 10.2 Å². The fraction of sp³-hybridized carbons (Fsp3) is 0.733. The summed E-state index contributed by atoms with van der Waals surface area (Å²) in [4.78, 5) is 13.9. The highest BCUT2D eigenvalue weighted by atomic mass is 15.2. The van der Waals surface area contributed by atoms with Crippen molar-refractivity contribution in [2.45, 2.75) is 33.6 Å². The lowest BCUT2D eigenvalue weighted by Gasteiger charge is -2.27.